The number of carboxylic acid groups (broad SMARTS) is 1. The smallest absolute Gasteiger partial charge is 0.477 e. The zero-order chi connectivity index (χ0) is 28.2. The summed E-state index contributed by atoms with van der Waals surface area (Å²) in [5.74, 6) is -1.87. The molecule has 37 heavy (non-hydrogen) atoms. The summed E-state index contributed by atoms with van der Waals surface area (Å²) in [5.41, 5.74) is -1.95. The third-order valence-corrected chi connectivity index (χ3v) is 5.45. The van der Waals surface area contributed by atoms with Crippen LogP contribution in [-0.2, 0) is 30.2 Å². The molecule has 1 aromatic rings. The number of rotatable bonds is 13. The molecule has 0 aliphatic heterocycles. The summed E-state index contributed by atoms with van der Waals surface area (Å²) in [6.45, 7) is 10.5. The van der Waals surface area contributed by atoms with E-state index in [0.717, 1.165) is 7.11 Å². The molecule has 0 saturated heterocycles. The van der Waals surface area contributed by atoms with E-state index >= 15 is 0 Å². The van der Waals surface area contributed by atoms with E-state index in [2.05, 4.69) is 10.1 Å². The SMILES string of the molecule is CCC(C)N[C@@](Cc1ccc(OC(=O)OC(C)CC)c(OC(=O)OC(C)CC)c1)(OC(=O)OC)C(=O)O. The molecule has 2 N–H and O–H groups in total. The molecule has 0 amide bonds. The van der Waals surface area contributed by atoms with Gasteiger partial charge in [-0.3, -0.25) is 5.32 Å². The average Bonchev–Trinajstić information content (AvgIpc) is 2.84. The Morgan fingerprint density at radius 3 is 1.86 bits per heavy atom. The van der Waals surface area contributed by atoms with Crippen LogP contribution in [0, 0.1) is 0 Å². The molecule has 0 aliphatic carbocycles. The monoisotopic (exact) mass is 527 g/mol. The highest BCUT2D eigenvalue weighted by Gasteiger charge is 2.44. The Hall–Kier alpha value is -3.54. The summed E-state index contributed by atoms with van der Waals surface area (Å²) < 4.78 is 30.4. The molecule has 0 spiro atoms. The van der Waals surface area contributed by atoms with Crippen LogP contribution in [0.5, 0.6) is 11.5 Å². The van der Waals surface area contributed by atoms with Gasteiger partial charge in [0.2, 0.25) is 0 Å². The van der Waals surface area contributed by atoms with Crippen molar-refractivity contribution in [3.63, 3.8) is 0 Å². The molecule has 0 aliphatic rings. The minimum atomic E-state index is -2.21. The van der Waals surface area contributed by atoms with Crippen LogP contribution in [-0.4, -0.2) is 60.6 Å². The van der Waals surface area contributed by atoms with Crippen molar-refractivity contribution in [2.75, 3.05) is 7.11 Å². The fraction of sp³-hybridized carbons (Fsp3) is 0.600. The quantitative estimate of drug-likeness (QED) is 0.156. The van der Waals surface area contributed by atoms with Gasteiger partial charge in [-0.05, 0) is 57.7 Å². The summed E-state index contributed by atoms with van der Waals surface area (Å²) in [7, 11) is 1.05. The van der Waals surface area contributed by atoms with Crippen LogP contribution in [0.4, 0.5) is 14.4 Å². The molecule has 0 bridgehead atoms. The summed E-state index contributed by atoms with van der Waals surface area (Å²) in [5, 5.41) is 12.8. The van der Waals surface area contributed by atoms with Gasteiger partial charge in [-0.2, -0.15) is 0 Å². The Morgan fingerprint density at radius 2 is 1.41 bits per heavy atom. The second-order valence-electron chi connectivity index (χ2n) is 8.48. The molecule has 1 aromatic carbocycles. The van der Waals surface area contributed by atoms with Gasteiger partial charge in [-0.15, -0.1) is 0 Å². The predicted octanol–water partition coefficient (Wildman–Crippen LogP) is 4.81. The van der Waals surface area contributed by atoms with Crippen LogP contribution >= 0.6 is 0 Å². The number of hydrogen-bond donors (Lipinski definition) is 2. The van der Waals surface area contributed by atoms with Gasteiger partial charge < -0.3 is 33.5 Å². The van der Waals surface area contributed by atoms with Gasteiger partial charge in [-0.1, -0.05) is 26.8 Å². The number of nitrogens with one attached hydrogen (secondary N) is 1. The molecule has 0 saturated carbocycles. The van der Waals surface area contributed by atoms with E-state index < -0.39 is 48.8 Å². The maximum absolute atomic E-state index is 12.3. The number of carboxylic acids is 1. The van der Waals surface area contributed by atoms with E-state index in [1.165, 1.54) is 18.2 Å². The molecule has 0 aromatic heterocycles. The highest BCUT2D eigenvalue weighted by atomic mass is 16.8. The topological polar surface area (TPSA) is 156 Å². The second-order valence-corrected chi connectivity index (χ2v) is 8.48. The number of carbonyl (C=O) groups is 4. The summed E-state index contributed by atoms with van der Waals surface area (Å²) in [6, 6.07) is 3.64. The maximum atomic E-state index is 12.3. The normalized spacial score (nSPS) is 14.8. The van der Waals surface area contributed by atoms with Gasteiger partial charge in [-0.25, -0.2) is 19.2 Å². The number of benzene rings is 1. The van der Waals surface area contributed by atoms with E-state index in [4.69, 9.17) is 23.7 Å². The van der Waals surface area contributed by atoms with Crippen LogP contribution < -0.4 is 14.8 Å². The highest BCUT2D eigenvalue weighted by Crippen LogP contribution is 2.32. The van der Waals surface area contributed by atoms with E-state index in [0.29, 0.717) is 19.3 Å². The Labute approximate surface area is 216 Å². The second kappa shape index (κ2) is 14.9. The lowest BCUT2D eigenvalue weighted by molar-refractivity contribution is -0.166. The summed E-state index contributed by atoms with van der Waals surface area (Å²) in [4.78, 5) is 48.7. The van der Waals surface area contributed by atoms with Crippen molar-refractivity contribution in [3.05, 3.63) is 23.8 Å². The molecule has 1 rings (SSSR count). The lowest BCUT2D eigenvalue weighted by Crippen LogP contribution is -2.59. The Bertz CT molecular complexity index is 935. The van der Waals surface area contributed by atoms with Gasteiger partial charge >= 0.3 is 24.4 Å². The molecule has 208 valence electrons. The number of carbonyl (C=O) groups excluding carboxylic acids is 3. The van der Waals surface area contributed by atoms with Crippen molar-refractivity contribution in [1.29, 1.82) is 0 Å². The molecule has 12 nitrogen and oxygen atoms in total. The Kier molecular flexibility index (Phi) is 12.7. The van der Waals surface area contributed by atoms with E-state index in [1.807, 2.05) is 20.8 Å². The standard InChI is InChI=1S/C25H37NO11/c1-8-15(4)26-25(21(27)28,37-22(29)32-7)14-18-11-12-19(35-23(30)33-16(5)9-2)20(13-18)36-24(31)34-17(6)10-3/h11-13,15-17,26H,8-10,14H2,1-7H3,(H,27,28)/t15?,16?,17?,25-/m0/s1. The lowest BCUT2D eigenvalue weighted by Gasteiger charge is -2.32. The van der Waals surface area contributed by atoms with Crippen LogP contribution in [0.15, 0.2) is 18.2 Å². The molecular weight excluding hydrogens is 490 g/mol. The van der Waals surface area contributed by atoms with Crippen molar-refractivity contribution < 1.29 is 52.7 Å². The van der Waals surface area contributed by atoms with Crippen LogP contribution in [0.25, 0.3) is 0 Å². The van der Waals surface area contributed by atoms with Crippen LogP contribution in [0.3, 0.4) is 0 Å². The van der Waals surface area contributed by atoms with Gasteiger partial charge in [0.1, 0.15) is 12.2 Å². The zero-order valence-electron chi connectivity index (χ0n) is 22.3. The van der Waals surface area contributed by atoms with Crippen molar-refractivity contribution in [2.45, 2.75) is 91.2 Å². The summed E-state index contributed by atoms with van der Waals surface area (Å²) in [6.07, 6.45) is -2.91. The third kappa shape index (κ3) is 10.2. The minimum absolute atomic E-state index is 0.164. The molecule has 0 fully saturated rings. The molecule has 12 heteroatoms. The largest absolute Gasteiger partial charge is 0.514 e. The van der Waals surface area contributed by atoms with Crippen molar-refractivity contribution in [2.24, 2.45) is 0 Å². The van der Waals surface area contributed by atoms with Crippen LogP contribution in [0.2, 0.25) is 0 Å². The average molecular weight is 528 g/mol. The first-order valence-electron chi connectivity index (χ1n) is 12.1. The van der Waals surface area contributed by atoms with Crippen molar-refractivity contribution in [3.8, 4) is 11.5 Å². The first-order chi connectivity index (χ1) is 17.4. The first-order valence-corrected chi connectivity index (χ1v) is 12.1. The Morgan fingerprint density at radius 1 is 0.865 bits per heavy atom. The van der Waals surface area contributed by atoms with E-state index in [-0.39, 0.29) is 23.1 Å². The van der Waals surface area contributed by atoms with E-state index in [1.54, 1.807) is 20.8 Å². The van der Waals surface area contributed by atoms with Crippen molar-refractivity contribution in [1.82, 2.24) is 5.32 Å². The minimum Gasteiger partial charge on any atom is -0.477 e. The molecular formula is C25H37NO11. The highest BCUT2D eigenvalue weighted by molar-refractivity contribution is 5.80. The van der Waals surface area contributed by atoms with Gasteiger partial charge in [0.05, 0.1) is 7.11 Å². The first kappa shape index (κ1) is 31.5. The Balaban J connectivity index is 3.42. The van der Waals surface area contributed by atoms with Gasteiger partial charge in [0, 0.05) is 12.5 Å². The number of methoxy groups -OCH3 is 1. The molecule has 3 unspecified atom stereocenters. The number of ether oxygens (including phenoxy) is 6. The van der Waals surface area contributed by atoms with Gasteiger partial charge in [0.15, 0.2) is 11.5 Å². The molecule has 0 heterocycles. The van der Waals surface area contributed by atoms with Gasteiger partial charge in [0.25, 0.3) is 5.72 Å². The zero-order valence-corrected chi connectivity index (χ0v) is 22.3. The fourth-order valence-corrected chi connectivity index (χ4v) is 2.82. The fourth-order valence-electron chi connectivity index (χ4n) is 2.82. The maximum Gasteiger partial charge on any atom is 0.514 e. The molecule has 0 radical (unpaired) electrons. The third-order valence-electron chi connectivity index (χ3n) is 5.45. The van der Waals surface area contributed by atoms with E-state index in [9.17, 15) is 24.3 Å². The van der Waals surface area contributed by atoms with Crippen molar-refractivity contribution >= 4 is 24.4 Å². The number of aliphatic carboxylic acids is 1. The summed E-state index contributed by atoms with van der Waals surface area (Å²) >= 11 is 0. The predicted molar refractivity (Wildman–Crippen MR) is 131 cm³/mol. The lowest BCUT2D eigenvalue weighted by atomic mass is 10.00. The number of hydrogen-bond acceptors (Lipinski definition) is 11. The molecule has 4 atom stereocenters. The van der Waals surface area contributed by atoms with Crippen LogP contribution in [0.1, 0.15) is 66.4 Å².